The molecule has 0 aliphatic heterocycles. The van der Waals surface area contributed by atoms with Crippen LogP contribution in [0.3, 0.4) is 0 Å². The molecule has 2 amide bonds. The molecule has 1 rings (SSSR count). The fraction of sp³-hybridized carbons (Fsp3) is 0.562. The van der Waals surface area contributed by atoms with Crippen LogP contribution >= 0.6 is 0 Å². The van der Waals surface area contributed by atoms with Gasteiger partial charge in [0.2, 0.25) is 0 Å². The summed E-state index contributed by atoms with van der Waals surface area (Å²) in [7, 11) is 0. The van der Waals surface area contributed by atoms with Gasteiger partial charge >= 0.3 is 6.03 Å². The number of amides is 2. The van der Waals surface area contributed by atoms with E-state index in [1.807, 2.05) is 31.2 Å². The second-order valence-corrected chi connectivity index (χ2v) is 5.11. The minimum absolute atomic E-state index is 0.000541. The average Bonchev–Trinajstić information content (AvgIpc) is 2.47. The van der Waals surface area contributed by atoms with Crippen molar-refractivity contribution in [3.8, 4) is 0 Å². The van der Waals surface area contributed by atoms with E-state index in [0.29, 0.717) is 13.2 Å². The maximum absolute atomic E-state index is 11.7. The number of hydrogen-bond acceptors (Lipinski definition) is 3. The third-order valence-electron chi connectivity index (χ3n) is 3.09. The summed E-state index contributed by atoms with van der Waals surface area (Å²) in [5, 5.41) is 5.59. The second kappa shape index (κ2) is 10.2. The van der Waals surface area contributed by atoms with Gasteiger partial charge in [-0.25, -0.2) is 4.79 Å². The molecule has 0 fully saturated rings. The molecule has 0 aliphatic carbocycles. The summed E-state index contributed by atoms with van der Waals surface area (Å²) in [6.45, 7) is 6.15. The Morgan fingerprint density at radius 1 is 1.24 bits per heavy atom. The quantitative estimate of drug-likeness (QED) is 0.612. The van der Waals surface area contributed by atoms with E-state index in [1.165, 1.54) is 0 Å². The fourth-order valence-electron chi connectivity index (χ4n) is 1.77. The molecule has 4 N–H and O–H groups in total. The zero-order chi connectivity index (χ0) is 15.5. The molecule has 0 aromatic heterocycles. The summed E-state index contributed by atoms with van der Waals surface area (Å²) in [6, 6.07) is 7.35. The van der Waals surface area contributed by atoms with Crippen LogP contribution in [0.15, 0.2) is 24.3 Å². The van der Waals surface area contributed by atoms with Crippen LogP contribution in [0.2, 0.25) is 0 Å². The first-order valence-corrected chi connectivity index (χ1v) is 7.61. The van der Waals surface area contributed by atoms with Crippen molar-refractivity contribution >= 4 is 11.7 Å². The lowest BCUT2D eigenvalue weighted by molar-refractivity contribution is 0.129. The lowest BCUT2D eigenvalue weighted by Gasteiger charge is -2.10. The highest BCUT2D eigenvalue weighted by Gasteiger charge is 2.02. The van der Waals surface area contributed by atoms with Crippen molar-refractivity contribution in [2.45, 2.75) is 39.2 Å². The van der Waals surface area contributed by atoms with Gasteiger partial charge in [-0.3, -0.25) is 0 Å². The molecule has 0 aliphatic rings. The number of rotatable bonds is 9. The minimum atomic E-state index is -0.197. The Bertz CT molecular complexity index is 404. The van der Waals surface area contributed by atoms with Gasteiger partial charge in [-0.05, 0) is 37.5 Å². The van der Waals surface area contributed by atoms with Gasteiger partial charge in [-0.2, -0.15) is 0 Å². The van der Waals surface area contributed by atoms with E-state index in [9.17, 15) is 4.79 Å². The summed E-state index contributed by atoms with van der Waals surface area (Å²) in [6.07, 6.45) is 3.05. The predicted molar refractivity (Wildman–Crippen MR) is 86.4 cm³/mol. The van der Waals surface area contributed by atoms with Crippen LogP contribution in [0.4, 0.5) is 10.5 Å². The third-order valence-corrected chi connectivity index (χ3v) is 3.09. The molecule has 5 heteroatoms. The number of unbranched alkanes of at least 4 members (excludes halogenated alkanes) is 1. The van der Waals surface area contributed by atoms with Crippen LogP contribution in [-0.2, 0) is 4.74 Å². The highest BCUT2D eigenvalue weighted by molar-refractivity contribution is 5.89. The first-order chi connectivity index (χ1) is 10.1. The highest BCUT2D eigenvalue weighted by atomic mass is 16.5. The van der Waals surface area contributed by atoms with Crippen LogP contribution in [0.5, 0.6) is 0 Å². The van der Waals surface area contributed by atoms with Crippen molar-refractivity contribution in [3.05, 3.63) is 29.8 Å². The average molecular weight is 293 g/mol. The van der Waals surface area contributed by atoms with Gasteiger partial charge in [0.05, 0.1) is 0 Å². The zero-order valence-corrected chi connectivity index (χ0v) is 13.0. The highest BCUT2D eigenvalue weighted by Crippen LogP contribution is 2.13. The second-order valence-electron chi connectivity index (χ2n) is 5.11. The van der Waals surface area contributed by atoms with Gasteiger partial charge < -0.3 is 21.1 Å². The molecule has 1 atom stereocenters. The van der Waals surface area contributed by atoms with Crippen molar-refractivity contribution in [1.82, 2.24) is 5.32 Å². The van der Waals surface area contributed by atoms with Crippen LogP contribution in [-0.4, -0.2) is 25.8 Å². The van der Waals surface area contributed by atoms with Crippen molar-refractivity contribution in [2.75, 3.05) is 25.1 Å². The molecule has 0 heterocycles. The molecule has 1 aromatic carbocycles. The maximum atomic E-state index is 11.7. The zero-order valence-electron chi connectivity index (χ0n) is 13.0. The van der Waals surface area contributed by atoms with Gasteiger partial charge in [0.1, 0.15) is 0 Å². The van der Waals surface area contributed by atoms with E-state index in [1.54, 1.807) is 0 Å². The van der Waals surface area contributed by atoms with Gasteiger partial charge in [0, 0.05) is 31.5 Å². The third kappa shape index (κ3) is 7.68. The molecule has 5 nitrogen and oxygen atoms in total. The number of urea groups is 1. The molecule has 0 bridgehead atoms. The Labute approximate surface area is 127 Å². The molecule has 0 spiro atoms. The molecule has 1 unspecified atom stereocenters. The number of carbonyl (C=O) groups is 1. The van der Waals surface area contributed by atoms with E-state index in [2.05, 4.69) is 17.6 Å². The number of carbonyl (C=O) groups excluding carboxylic acids is 1. The number of ether oxygens (including phenoxy) is 1. The van der Waals surface area contributed by atoms with Gasteiger partial charge in [-0.15, -0.1) is 0 Å². The van der Waals surface area contributed by atoms with Gasteiger partial charge in [0.25, 0.3) is 0 Å². The van der Waals surface area contributed by atoms with Gasteiger partial charge in [-0.1, -0.05) is 25.5 Å². The molecule has 0 saturated carbocycles. The van der Waals surface area contributed by atoms with E-state index in [4.69, 9.17) is 10.5 Å². The standard InChI is InChI=1S/C16H27N3O2/c1-3-4-11-21-12-5-10-18-16(20)19-15-8-6-14(7-9-15)13(2)17/h6-9,13H,3-5,10-12,17H2,1-2H3,(H2,18,19,20). The van der Waals surface area contributed by atoms with Crippen LogP contribution in [0.25, 0.3) is 0 Å². The first-order valence-electron chi connectivity index (χ1n) is 7.61. The molecular formula is C16H27N3O2. The molecule has 118 valence electrons. The lowest BCUT2D eigenvalue weighted by atomic mass is 10.1. The fourth-order valence-corrected chi connectivity index (χ4v) is 1.77. The Hall–Kier alpha value is -1.59. The Morgan fingerprint density at radius 3 is 2.52 bits per heavy atom. The maximum Gasteiger partial charge on any atom is 0.319 e. The summed E-state index contributed by atoms with van der Waals surface area (Å²) in [5.41, 5.74) is 7.58. The summed E-state index contributed by atoms with van der Waals surface area (Å²) in [4.78, 5) is 11.7. The summed E-state index contributed by atoms with van der Waals surface area (Å²) < 4.78 is 5.43. The molecule has 0 saturated heterocycles. The topological polar surface area (TPSA) is 76.4 Å². The van der Waals surface area contributed by atoms with E-state index >= 15 is 0 Å². The molecular weight excluding hydrogens is 266 g/mol. The van der Waals surface area contributed by atoms with Crippen LogP contribution in [0.1, 0.15) is 44.7 Å². The number of hydrogen-bond donors (Lipinski definition) is 3. The number of nitrogens with two attached hydrogens (primary N) is 1. The summed E-state index contributed by atoms with van der Waals surface area (Å²) >= 11 is 0. The van der Waals surface area contributed by atoms with Crippen molar-refractivity contribution in [2.24, 2.45) is 5.73 Å². The monoisotopic (exact) mass is 293 g/mol. The largest absolute Gasteiger partial charge is 0.381 e. The van der Waals surface area contributed by atoms with Crippen molar-refractivity contribution < 1.29 is 9.53 Å². The Kier molecular flexibility index (Phi) is 8.47. The number of benzene rings is 1. The van der Waals surface area contributed by atoms with Crippen molar-refractivity contribution in [1.29, 1.82) is 0 Å². The Morgan fingerprint density at radius 2 is 1.90 bits per heavy atom. The minimum Gasteiger partial charge on any atom is -0.381 e. The van der Waals surface area contributed by atoms with Crippen LogP contribution in [0, 0.1) is 0 Å². The Balaban J connectivity index is 2.15. The van der Waals surface area contributed by atoms with E-state index in [-0.39, 0.29) is 12.1 Å². The van der Waals surface area contributed by atoms with Crippen molar-refractivity contribution in [3.63, 3.8) is 0 Å². The molecule has 1 aromatic rings. The van der Waals surface area contributed by atoms with Crippen LogP contribution < -0.4 is 16.4 Å². The van der Waals surface area contributed by atoms with E-state index in [0.717, 1.165) is 37.1 Å². The normalized spacial score (nSPS) is 12.0. The smallest absolute Gasteiger partial charge is 0.319 e. The lowest BCUT2D eigenvalue weighted by Crippen LogP contribution is -2.30. The number of anilines is 1. The summed E-state index contributed by atoms with van der Waals surface area (Å²) in [5.74, 6) is 0. The first kappa shape index (κ1) is 17.5. The number of nitrogens with one attached hydrogen (secondary N) is 2. The van der Waals surface area contributed by atoms with Gasteiger partial charge in [0.15, 0.2) is 0 Å². The van der Waals surface area contributed by atoms with E-state index < -0.39 is 0 Å². The molecule has 0 radical (unpaired) electrons. The SMILES string of the molecule is CCCCOCCCNC(=O)Nc1ccc(C(C)N)cc1. The molecule has 21 heavy (non-hydrogen) atoms. The predicted octanol–water partition coefficient (Wildman–Crippen LogP) is 3.03.